The van der Waals surface area contributed by atoms with Gasteiger partial charge < -0.3 is 24.4 Å². The average molecular weight is 294 g/mol. The lowest BCUT2D eigenvalue weighted by Crippen LogP contribution is -2.66. The van der Waals surface area contributed by atoms with Crippen molar-refractivity contribution in [2.75, 3.05) is 19.8 Å². The van der Waals surface area contributed by atoms with E-state index in [2.05, 4.69) is 0 Å². The zero-order valence-electron chi connectivity index (χ0n) is 12.2. The van der Waals surface area contributed by atoms with Crippen LogP contribution in [-0.2, 0) is 20.8 Å². The van der Waals surface area contributed by atoms with Gasteiger partial charge in [-0.3, -0.25) is 0 Å². The van der Waals surface area contributed by atoms with Crippen LogP contribution in [0.25, 0.3) is 0 Å². The Morgan fingerprint density at radius 2 is 2.00 bits per heavy atom. The molecule has 0 spiro atoms. The number of aliphatic hydroxyl groups excluding tert-OH is 1. The number of ether oxygens (including phenoxy) is 3. The van der Waals surface area contributed by atoms with Crippen LogP contribution >= 0.6 is 0 Å². The number of fused-ring (bicyclic) bond motifs is 2. The molecular formula is C16H22O5. The van der Waals surface area contributed by atoms with Gasteiger partial charge in [0.15, 0.2) is 5.79 Å². The molecule has 0 aliphatic carbocycles. The molecule has 1 aromatic carbocycles. The Hall–Kier alpha value is -0.980. The molecule has 5 heteroatoms. The third-order valence-corrected chi connectivity index (χ3v) is 4.57. The van der Waals surface area contributed by atoms with Crippen LogP contribution in [0.5, 0.6) is 0 Å². The van der Waals surface area contributed by atoms with E-state index in [1.165, 1.54) is 0 Å². The molecule has 3 atom stereocenters. The summed E-state index contributed by atoms with van der Waals surface area (Å²) in [5.74, 6) is -0.683. The largest absolute Gasteiger partial charge is 0.393 e. The summed E-state index contributed by atoms with van der Waals surface area (Å²) in [6.07, 6.45) is 1.29. The summed E-state index contributed by atoms with van der Waals surface area (Å²) in [6.45, 7) is 2.21. The number of rotatable bonds is 5. The molecule has 5 nitrogen and oxygen atoms in total. The van der Waals surface area contributed by atoms with Gasteiger partial charge >= 0.3 is 0 Å². The molecule has 0 unspecified atom stereocenters. The minimum Gasteiger partial charge on any atom is -0.393 e. The van der Waals surface area contributed by atoms with Gasteiger partial charge in [0, 0.05) is 6.42 Å². The first-order valence-corrected chi connectivity index (χ1v) is 7.30. The molecule has 2 aliphatic rings. The molecule has 0 radical (unpaired) electrons. The fourth-order valence-corrected chi connectivity index (χ4v) is 3.11. The maximum atomic E-state index is 10.6. The molecule has 2 saturated heterocycles. The summed E-state index contributed by atoms with van der Waals surface area (Å²) in [5.41, 5.74) is -1.25. The number of benzene rings is 1. The topological polar surface area (TPSA) is 68.2 Å². The van der Waals surface area contributed by atoms with Crippen LogP contribution < -0.4 is 0 Å². The van der Waals surface area contributed by atoms with Crippen molar-refractivity contribution in [3.05, 3.63) is 35.9 Å². The molecule has 0 amide bonds. The highest BCUT2D eigenvalue weighted by Crippen LogP contribution is 2.49. The first kappa shape index (κ1) is 14.9. The van der Waals surface area contributed by atoms with Gasteiger partial charge in [-0.2, -0.15) is 0 Å². The molecule has 2 aliphatic heterocycles. The lowest BCUT2D eigenvalue weighted by atomic mass is 9.82. The Morgan fingerprint density at radius 3 is 2.71 bits per heavy atom. The number of hydrogen-bond acceptors (Lipinski definition) is 5. The minimum absolute atomic E-state index is 0.0642. The van der Waals surface area contributed by atoms with Crippen molar-refractivity contribution in [3.8, 4) is 0 Å². The molecule has 116 valence electrons. The maximum Gasteiger partial charge on any atom is 0.166 e. The van der Waals surface area contributed by atoms with Crippen molar-refractivity contribution in [2.24, 2.45) is 0 Å². The van der Waals surface area contributed by atoms with E-state index in [9.17, 15) is 10.2 Å². The van der Waals surface area contributed by atoms with Gasteiger partial charge in [0.1, 0.15) is 11.2 Å². The zero-order chi connectivity index (χ0) is 15.0. The Labute approximate surface area is 124 Å². The molecule has 1 aromatic rings. The first-order chi connectivity index (χ1) is 10.0. The van der Waals surface area contributed by atoms with E-state index in [4.69, 9.17) is 14.2 Å². The van der Waals surface area contributed by atoms with Gasteiger partial charge in [0.05, 0.1) is 26.4 Å². The second-order valence-corrected chi connectivity index (χ2v) is 6.19. The van der Waals surface area contributed by atoms with Gasteiger partial charge in [0.2, 0.25) is 0 Å². The summed E-state index contributed by atoms with van der Waals surface area (Å²) in [7, 11) is 0. The Balaban J connectivity index is 1.69. The van der Waals surface area contributed by atoms with Crippen molar-refractivity contribution in [3.63, 3.8) is 0 Å². The lowest BCUT2D eigenvalue weighted by Gasteiger charge is -2.48. The van der Waals surface area contributed by atoms with Gasteiger partial charge in [-0.15, -0.1) is 0 Å². The Kier molecular flexibility index (Phi) is 3.80. The molecule has 2 bridgehead atoms. The zero-order valence-corrected chi connectivity index (χ0v) is 12.2. The normalized spacial score (nSPS) is 38.6. The SMILES string of the molecule is C[C@@]12CC[C@@](COCc3ccccc3)(O1)[C@](O)(CO)CO2. The monoisotopic (exact) mass is 294 g/mol. The van der Waals surface area contributed by atoms with Crippen LogP contribution in [0.1, 0.15) is 25.3 Å². The smallest absolute Gasteiger partial charge is 0.166 e. The highest BCUT2D eigenvalue weighted by Gasteiger charge is 2.63. The van der Waals surface area contributed by atoms with Crippen LogP contribution in [0.2, 0.25) is 0 Å². The summed E-state index contributed by atoms with van der Waals surface area (Å²) in [4.78, 5) is 0. The predicted molar refractivity (Wildman–Crippen MR) is 75.5 cm³/mol. The third kappa shape index (κ3) is 2.60. The van der Waals surface area contributed by atoms with E-state index in [0.29, 0.717) is 19.4 Å². The molecule has 2 fully saturated rings. The average Bonchev–Trinajstić information content (AvgIpc) is 2.81. The molecule has 0 aromatic heterocycles. The highest BCUT2D eigenvalue weighted by atomic mass is 16.7. The van der Waals surface area contributed by atoms with Crippen LogP contribution in [0.3, 0.4) is 0 Å². The fraction of sp³-hybridized carbons (Fsp3) is 0.625. The van der Waals surface area contributed by atoms with E-state index >= 15 is 0 Å². The standard InChI is InChI=1S/C16H22O5/c1-14-7-8-16(21-14,15(18,10-17)11-20-14)12-19-9-13-5-3-2-4-6-13/h2-6,17-18H,7-12H2,1H3/t14-,15-,16-/m0/s1. The van der Waals surface area contributed by atoms with Crippen molar-refractivity contribution in [2.45, 2.75) is 43.4 Å². The van der Waals surface area contributed by atoms with E-state index in [1.54, 1.807) is 0 Å². The second kappa shape index (κ2) is 5.34. The first-order valence-electron chi connectivity index (χ1n) is 7.30. The molecule has 21 heavy (non-hydrogen) atoms. The van der Waals surface area contributed by atoms with Crippen LogP contribution in [0.4, 0.5) is 0 Å². The van der Waals surface area contributed by atoms with Crippen molar-refractivity contribution >= 4 is 0 Å². The number of aliphatic hydroxyl groups is 2. The summed E-state index contributed by atoms with van der Waals surface area (Å²) in [6, 6.07) is 9.84. The minimum atomic E-state index is -1.42. The van der Waals surface area contributed by atoms with Crippen molar-refractivity contribution in [1.82, 2.24) is 0 Å². The Bertz CT molecular complexity index is 493. The molecule has 2 N–H and O–H groups in total. The van der Waals surface area contributed by atoms with E-state index in [1.807, 2.05) is 37.3 Å². The molecular weight excluding hydrogens is 272 g/mol. The lowest BCUT2D eigenvalue weighted by molar-refractivity contribution is -0.358. The third-order valence-electron chi connectivity index (χ3n) is 4.57. The molecule has 2 heterocycles. The van der Waals surface area contributed by atoms with E-state index < -0.39 is 23.6 Å². The summed E-state index contributed by atoms with van der Waals surface area (Å²) in [5, 5.41) is 20.2. The van der Waals surface area contributed by atoms with Crippen LogP contribution in [0, 0.1) is 0 Å². The van der Waals surface area contributed by atoms with Gasteiger partial charge in [-0.1, -0.05) is 30.3 Å². The quantitative estimate of drug-likeness (QED) is 0.854. The van der Waals surface area contributed by atoms with Gasteiger partial charge in [-0.25, -0.2) is 0 Å². The van der Waals surface area contributed by atoms with Crippen LogP contribution in [-0.4, -0.2) is 47.0 Å². The van der Waals surface area contributed by atoms with Crippen LogP contribution in [0.15, 0.2) is 30.3 Å². The van der Waals surface area contributed by atoms with E-state index in [-0.39, 0.29) is 13.2 Å². The fourth-order valence-electron chi connectivity index (χ4n) is 3.11. The van der Waals surface area contributed by atoms with E-state index in [0.717, 1.165) is 5.56 Å². The van der Waals surface area contributed by atoms with Gasteiger partial charge in [-0.05, 0) is 18.9 Å². The Morgan fingerprint density at radius 1 is 1.24 bits per heavy atom. The highest BCUT2D eigenvalue weighted by molar-refractivity contribution is 5.14. The molecule has 3 rings (SSSR count). The van der Waals surface area contributed by atoms with Crippen molar-refractivity contribution in [1.29, 1.82) is 0 Å². The maximum absolute atomic E-state index is 10.6. The second-order valence-electron chi connectivity index (χ2n) is 6.19. The van der Waals surface area contributed by atoms with Crippen molar-refractivity contribution < 1.29 is 24.4 Å². The number of hydrogen-bond donors (Lipinski definition) is 2. The molecule has 0 saturated carbocycles. The summed E-state index contributed by atoms with van der Waals surface area (Å²) >= 11 is 0. The predicted octanol–water partition coefficient (Wildman–Crippen LogP) is 1.22. The summed E-state index contributed by atoms with van der Waals surface area (Å²) < 4.78 is 17.3. The van der Waals surface area contributed by atoms with Gasteiger partial charge in [0.25, 0.3) is 0 Å².